The Labute approximate surface area is 257 Å². The van der Waals surface area contributed by atoms with E-state index in [9.17, 15) is 24.1 Å². The maximum atomic E-state index is 14.1. The Bertz CT molecular complexity index is 2110. The van der Waals surface area contributed by atoms with Crippen molar-refractivity contribution >= 4 is 46.5 Å². The number of hydrogen-bond acceptors (Lipinski definition) is 9. The number of carbonyl (C=O) groups is 1. The van der Waals surface area contributed by atoms with Crippen molar-refractivity contribution in [3.63, 3.8) is 0 Å². The number of allylic oxidation sites excluding steroid dienone is 1. The zero-order valence-corrected chi connectivity index (χ0v) is 24.5. The predicted molar refractivity (Wildman–Crippen MR) is 164 cm³/mol. The van der Waals surface area contributed by atoms with Crippen molar-refractivity contribution < 1.29 is 14.1 Å². The molecule has 1 atom stereocenters. The van der Waals surface area contributed by atoms with Crippen LogP contribution in [0.3, 0.4) is 0 Å². The Balaban J connectivity index is 1.51. The molecule has 1 aliphatic heterocycles. The number of para-hydroxylation sites is 1. The summed E-state index contributed by atoms with van der Waals surface area (Å²) >= 11 is 2.29. The van der Waals surface area contributed by atoms with Gasteiger partial charge in [0.2, 0.25) is 0 Å². The van der Waals surface area contributed by atoms with E-state index in [4.69, 9.17) is 0 Å². The fraction of sp³-hybridized carbons (Fsp3) is 0.0645. The van der Waals surface area contributed by atoms with Crippen LogP contribution < -0.4 is 20.2 Å². The Hall–Kier alpha value is -5.27. The lowest BCUT2D eigenvalue weighted by Gasteiger charge is -2.25. The third kappa shape index (κ3) is 5.82. The number of nitro benzene ring substituents is 1. The quantitative estimate of drug-likeness (QED) is 0.155. The molecule has 0 radical (unpaired) electrons. The smallest absolute Gasteiger partial charge is 0.271 e. The first-order valence-electron chi connectivity index (χ1n) is 13.2. The summed E-state index contributed by atoms with van der Waals surface area (Å²) in [5, 5.41) is 14.9. The summed E-state index contributed by atoms with van der Waals surface area (Å²) in [6.45, 7) is 1.68. The molecule has 10 nitrogen and oxygen atoms in total. The van der Waals surface area contributed by atoms with Gasteiger partial charge >= 0.3 is 0 Å². The molecule has 0 aliphatic carbocycles. The molecule has 2 aromatic heterocycles. The molecule has 0 fully saturated rings. The van der Waals surface area contributed by atoms with Crippen LogP contribution >= 0.6 is 23.1 Å². The summed E-state index contributed by atoms with van der Waals surface area (Å²) < 4.78 is 15.6. The molecule has 0 unspecified atom stereocenters. The molecule has 44 heavy (non-hydrogen) atoms. The molecule has 0 bridgehead atoms. The molecule has 13 heteroatoms. The zero-order chi connectivity index (χ0) is 30.8. The average molecular weight is 625 g/mol. The first-order chi connectivity index (χ1) is 21.3. The van der Waals surface area contributed by atoms with E-state index in [1.807, 2.05) is 6.07 Å². The van der Waals surface area contributed by atoms with Crippen LogP contribution in [-0.2, 0) is 4.79 Å². The van der Waals surface area contributed by atoms with Gasteiger partial charge in [-0.25, -0.2) is 19.4 Å². The molecule has 5 aromatic rings. The number of rotatable bonds is 7. The van der Waals surface area contributed by atoms with Crippen LogP contribution in [-0.4, -0.2) is 25.4 Å². The molecule has 1 aliphatic rings. The minimum absolute atomic E-state index is 0.151. The maximum absolute atomic E-state index is 14.1. The Morgan fingerprint density at radius 3 is 2.50 bits per heavy atom. The van der Waals surface area contributed by atoms with E-state index < -0.39 is 28.2 Å². The van der Waals surface area contributed by atoms with Gasteiger partial charge in [-0.15, -0.1) is 0 Å². The van der Waals surface area contributed by atoms with E-state index in [0.717, 1.165) is 11.3 Å². The first kappa shape index (κ1) is 28.8. The second-order valence-electron chi connectivity index (χ2n) is 9.57. The van der Waals surface area contributed by atoms with E-state index in [-0.39, 0.29) is 15.8 Å². The molecule has 1 amide bonds. The second-order valence-corrected chi connectivity index (χ2v) is 11.6. The number of hydrogen-bond donors (Lipinski definition) is 1. The van der Waals surface area contributed by atoms with E-state index in [1.165, 1.54) is 52.7 Å². The number of nitrogens with one attached hydrogen (secondary N) is 1. The minimum atomic E-state index is -0.908. The summed E-state index contributed by atoms with van der Waals surface area (Å²) in [6, 6.07) is 19.6. The molecule has 3 aromatic carbocycles. The van der Waals surface area contributed by atoms with E-state index >= 15 is 0 Å². The highest BCUT2D eigenvalue weighted by Gasteiger charge is 2.32. The number of nitro groups is 1. The Kier molecular flexibility index (Phi) is 7.96. The number of fused-ring (bicyclic) bond motifs is 1. The number of nitrogens with zero attached hydrogens (tertiary/aromatic N) is 5. The Morgan fingerprint density at radius 1 is 1.07 bits per heavy atom. The largest absolute Gasteiger partial charge is 0.322 e. The molecule has 3 heterocycles. The standard InChI is InChI=1S/C31H21FN6O4S2/c1-18-26(28(39)36-22-6-3-2-4-7-22)27(19-8-10-21(32)11-9-19)37-29(40)25(44-31(37)35-18)17-20-16-23(38(41)42)12-13-24(20)43-30-33-14-5-15-34-30/h2-17,27H,1H3,(H,36,39)/b25-17+/t27-/m0/s1. The van der Waals surface area contributed by atoms with Crippen molar-refractivity contribution in [3.05, 3.63) is 149 Å². The van der Waals surface area contributed by atoms with E-state index in [2.05, 4.69) is 20.3 Å². The SMILES string of the molecule is CC1=C(C(=O)Nc2ccccc2)[C@H](c2ccc(F)cc2)n2c(s/c(=C/c3cc([N+](=O)[O-])ccc3Sc3ncccn3)c2=O)=N1. The van der Waals surface area contributed by atoms with Crippen LogP contribution in [0.2, 0.25) is 0 Å². The van der Waals surface area contributed by atoms with Gasteiger partial charge in [-0.1, -0.05) is 41.7 Å². The predicted octanol–water partition coefficient (Wildman–Crippen LogP) is 4.86. The van der Waals surface area contributed by atoms with Crippen LogP contribution in [0.5, 0.6) is 0 Å². The van der Waals surface area contributed by atoms with Crippen molar-refractivity contribution in [3.8, 4) is 0 Å². The van der Waals surface area contributed by atoms with Gasteiger partial charge < -0.3 is 5.32 Å². The summed E-state index contributed by atoms with van der Waals surface area (Å²) in [7, 11) is 0. The van der Waals surface area contributed by atoms with Crippen molar-refractivity contribution in [2.45, 2.75) is 23.0 Å². The highest BCUT2D eigenvalue weighted by molar-refractivity contribution is 7.99. The number of aromatic nitrogens is 3. The van der Waals surface area contributed by atoms with Crippen LogP contribution in [0.25, 0.3) is 6.08 Å². The van der Waals surface area contributed by atoms with Crippen LogP contribution in [0.4, 0.5) is 15.8 Å². The fourth-order valence-electron chi connectivity index (χ4n) is 4.73. The van der Waals surface area contributed by atoms with Gasteiger partial charge in [0.15, 0.2) is 9.96 Å². The third-order valence-electron chi connectivity index (χ3n) is 6.72. The van der Waals surface area contributed by atoms with Crippen LogP contribution in [0.1, 0.15) is 24.1 Å². The summed E-state index contributed by atoms with van der Waals surface area (Å²) in [5.41, 5.74) is 1.51. The lowest BCUT2D eigenvalue weighted by atomic mass is 9.95. The van der Waals surface area contributed by atoms with Gasteiger partial charge in [-0.3, -0.25) is 24.3 Å². The second kappa shape index (κ2) is 12.1. The van der Waals surface area contributed by atoms with Gasteiger partial charge in [0.1, 0.15) is 5.82 Å². The van der Waals surface area contributed by atoms with Crippen molar-refractivity contribution in [2.75, 3.05) is 5.32 Å². The summed E-state index contributed by atoms with van der Waals surface area (Å²) in [5.74, 6) is -0.920. The van der Waals surface area contributed by atoms with Gasteiger partial charge in [0.05, 0.1) is 26.8 Å². The van der Waals surface area contributed by atoms with Crippen LogP contribution in [0, 0.1) is 15.9 Å². The van der Waals surface area contributed by atoms with Crippen molar-refractivity contribution in [1.82, 2.24) is 14.5 Å². The van der Waals surface area contributed by atoms with Gasteiger partial charge in [0.25, 0.3) is 17.2 Å². The fourth-order valence-corrected chi connectivity index (χ4v) is 6.56. The van der Waals surface area contributed by atoms with Crippen molar-refractivity contribution in [2.24, 2.45) is 4.99 Å². The maximum Gasteiger partial charge on any atom is 0.271 e. The van der Waals surface area contributed by atoms with E-state index in [1.54, 1.807) is 61.8 Å². The highest BCUT2D eigenvalue weighted by atomic mass is 32.2. The number of thiazole rings is 1. The van der Waals surface area contributed by atoms with Crippen LogP contribution in [0.15, 0.2) is 122 Å². The topological polar surface area (TPSA) is 132 Å². The molecule has 0 saturated heterocycles. The number of amides is 1. The lowest BCUT2D eigenvalue weighted by molar-refractivity contribution is -0.384. The normalized spacial score (nSPS) is 14.6. The van der Waals surface area contributed by atoms with Gasteiger partial charge in [-0.05, 0) is 72.3 Å². The first-order valence-corrected chi connectivity index (χ1v) is 14.8. The number of halogens is 1. The number of carbonyl (C=O) groups excluding carboxylic acids is 1. The molecular formula is C31H21FN6O4S2. The summed E-state index contributed by atoms with van der Waals surface area (Å²) in [6.07, 6.45) is 4.73. The average Bonchev–Trinajstić information content (AvgIpc) is 3.32. The van der Waals surface area contributed by atoms with Crippen molar-refractivity contribution in [1.29, 1.82) is 0 Å². The third-order valence-corrected chi connectivity index (χ3v) is 8.69. The molecular weight excluding hydrogens is 604 g/mol. The number of non-ortho nitro benzene ring substituents is 1. The molecule has 1 N–H and O–H groups in total. The van der Waals surface area contributed by atoms with Gasteiger partial charge in [-0.2, -0.15) is 0 Å². The summed E-state index contributed by atoms with van der Waals surface area (Å²) in [4.78, 5) is 52.8. The number of anilines is 1. The number of benzene rings is 3. The monoisotopic (exact) mass is 624 g/mol. The molecule has 6 rings (SSSR count). The van der Waals surface area contributed by atoms with Gasteiger partial charge in [0, 0.05) is 35.1 Å². The lowest BCUT2D eigenvalue weighted by Crippen LogP contribution is -2.40. The molecule has 0 spiro atoms. The molecule has 218 valence electrons. The minimum Gasteiger partial charge on any atom is -0.322 e. The molecule has 0 saturated carbocycles. The highest BCUT2D eigenvalue weighted by Crippen LogP contribution is 2.32. The zero-order valence-electron chi connectivity index (χ0n) is 22.9. The Morgan fingerprint density at radius 2 is 1.80 bits per heavy atom. The van der Waals surface area contributed by atoms with E-state index in [0.29, 0.717) is 37.4 Å².